The first-order chi connectivity index (χ1) is 12.1. The Labute approximate surface area is 153 Å². The predicted octanol–water partition coefficient (Wildman–Crippen LogP) is 1.87. The second kappa shape index (κ2) is 6.46. The van der Waals surface area contributed by atoms with Crippen LogP contribution in [-0.2, 0) is 33.3 Å². The van der Waals surface area contributed by atoms with Crippen molar-refractivity contribution in [1.29, 1.82) is 0 Å². The van der Waals surface area contributed by atoms with Crippen LogP contribution in [0.3, 0.4) is 0 Å². The fourth-order valence-corrected chi connectivity index (χ4v) is 3.82. The highest BCUT2D eigenvalue weighted by Gasteiger charge is 2.72. The molecule has 144 valence electrons. The summed E-state index contributed by atoms with van der Waals surface area (Å²) in [4.78, 5) is 34.9. The average molecular weight is 366 g/mol. The van der Waals surface area contributed by atoms with E-state index >= 15 is 0 Å². The quantitative estimate of drug-likeness (QED) is 0.554. The van der Waals surface area contributed by atoms with Crippen molar-refractivity contribution in [2.24, 2.45) is 0 Å². The number of fused-ring (bicyclic) bond motifs is 1. The summed E-state index contributed by atoms with van der Waals surface area (Å²) in [7, 11) is 0. The van der Waals surface area contributed by atoms with Gasteiger partial charge in [-0.1, -0.05) is 6.08 Å². The average Bonchev–Trinajstić information content (AvgIpc) is 3.38. The van der Waals surface area contributed by atoms with E-state index in [4.69, 9.17) is 18.9 Å². The highest BCUT2D eigenvalue weighted by Crippen LogP contribution is 2.59. The Bertz CT molecular complexity index is 669. The van der Waals surface area contributed by atoms with Crippen LogP contribution in [0.4, 0.5) is 0 Å². The van der Waals surface area contributed by atoms with E-state index in [1.807, 2.05) is 13.0 Å². The maximum Gasteiger partial charge on any atom is 0.302 e. The van der Waals surface area contributed by atoms with Crippen molar-refractivity contribution in [3.05, 3.63) is 11.6 Å². The molecule has 4 atom stereocenters. The van der Waals surface area contributed by atoms with Crippen molar-refractivity contribution in [1.82, 2.24) is 0 Å². The minimum atomic E-state index is -0.728. The molecule has 0 radical (unpaired) electrons. The van der Waals surface area contributed by atoms with E-state index in [2.05, 4.69) is 0 Å². The third kappa shape index (κ3) is 3.55. The molecule has 1 aliphatic carbocycles. The van der Waals surface area contributed by atoms with Gasteiger partial charge in [0, 0.05) is 26.7 Å². The Hall–Kier alpha value is -1.73. The lowest BCUT2D eigenvalue weighted by molar-refractivity contribution is -0.143. The number of carbonyl (C=O) groups is 3. The Kier molecular flexibility index (Phi) is 4.73. The van der Waals surface area contributed by atoms with Gasteiger partial charge in [-0.15, -0.1) is 0 Å². The second-order valence-corrected chi connectivity index (χ2v) is 7.79. The molecule has 2 saturated heterocycles. The van der Waals surface area contributed by atoms with Crippen LogP contribution >= 0.6 is 0 Å². The van der Waals surface area contributed by atoms with Crippen LogP contribution in [0.25, 0.3) is 0 Å². The molecule has 2 aliphatic heterocycles. The third-order valence-electron chi connectivity index (χ3n) is 5.74. The van der Waals surface area contributed by atoms with Gasteiger partial charge in [0.15, 0.2) is 5.78 Å². The zero-order chi connectivity index (χ0) is 19.2. The summed E-state index contributed by atoms with van der Waals surface area (Å²) in [5.41, 5.74) is -1.28. The molecule has 0 bridgehead atoms. The highest BCUT2D eigenvalue weighted by atomic mass is 16.7. The van der Waals surface area contributed by atoms with Gasteiger partial charge >= 0.3 is 11.9 Å². The van der Waals surface area contributed by atoms with E-state index in [0.29, 0.717) is 24.8 Å². The number of ether oxygens (including phenoxy) is 4. The number of rotatable bonds is 4. The number of ketones is 1. The van der Waals surface area contributed by atoms with Crippen molar-refractivity contribution < 1.29 is 33.3 Å². The fraction of sp³-hybridized carbons (Fsp3) is 0.737. The molecule has 2 heterocycles. The summed E-state index contributed by atoms with van der Waals surface area (Å²) in [6.07, 6.45) is 3.84. The van der Waals surface area contributed by atoms with Crippen molar-refractivity contribution >= 4 is 17.7 Å². The van der Waals surface area contributed by atoms with Crippen LogP contribution in [0.2, 0.25) is 0 Å². The first kappa shape index (κ1) is 19.0. The summed E-state index contributed by atoms with van der Waals surface area (Å²) >= 11 is 0. The standard InChI is InChI=1S/C19H26O7/c1-12-6-5-7-18(11-24-14(3)21)16(25-18)9-19(8-15(12)22)17(4,26-19)10-23-13(2)20/h6,16H,5,7-11H2,1-4H3/b12-6+/t16-,17-,18-,19-/m1/s1. The van der Waals surface area contributed by atoms with Crippen LogP contribution in [0.15, 0.2) is 11.6 Å². The van der Waals surface area contributed by atoms with E-state index in [9.17, 15) is 14.4 Å². The summed E-state index contributed by atoms with van der Waals surface area (Å²) in [5.74, 6) is -0.694. The van der Waals surface area contributed by atoms with Crippen LogP contribution in [-0.4, -0.2) is 53.8 Å². The molecule has 7 heteroatoms. The third-order valence-corrected chi connectivity index (χ3v) is 5.74. The van der Waals surface area contributed by atoms with E-state index in [-0.39, 0.29) is 43.5 Å². The molecule has 0 unspecified atom stereocenters. The number of carbonyl (C=O) groups excluding carboxylic acids is 3. The van der Waals surface area contributed by atoms with Gasteiger partial charge in [-0.05, 0) is 32.3 Å². The van der Waals surface area contributed by atoms with E-state index < -0.39 is 16.8 Å². The lowest BCUT2D eigenvalue weighted by Gasteiger charge is -2.19. The van der Waals surface area contributed by atoms with Gasteiger partial charge in [-0.2, -0.15) is 0 Å². The lowest BCUT2D eigenvalue weighted by Crippen LogP contribution is -2.35. The minimum absolute atomic E-state index is 0.0321. The van der Waals surface area contributed by atoms with Gasteiger partial charge in [0.2, 0.25) is 0 Å². The number of esters is 2. The number of hydrogen-bond donors (Lipinski definition) is 0. The topological polar surface area (TPSA) is 94.7 Å². The van der Waals surface area contributed by atoms with Crippen molar-refractivity contribution in [3.8, 4) is 0 Å². The van der Waals surface area contributed by atoms with Gasteiger partial charge in [-0.25, -0.2) is 0 Å². The van der Waals surface area contributed by atoms with E-state index in [1.165, 1.54) is 13.8 Å². The zero-order valence-electron chi connectivity index (χ0n) is 15.8. The van der Waals surface area contributed by atoms with Crippen LogP contribution in [0.5, 0.6) is 0 Å². The Morgan fingerprint density at radius 1 is 1.23 bits per heavy atom. The molecule has 3 aliphatic rings. The largest absolute Gasteiger partial charge is 0.463 e. The summed E-state index contributed by atoms with van der Waals surface area (Å²) in [6, 6.07) is 0. The maximum absolute atomic E-state index is 12.6. The molecule has 1 spiro atoms. The van der Waals surface area contributed by atoms with Crippen molar-refractivity contribution in [3.63, 3.8) is 0 Å². The Balaban J connectivity index is 1.79. The normalized spacial score (nSPS) is 40.8. The Morgan fingerprint density at radius 3 is 2.54 bits per heavy atom. The fourth-order valence-electron chi connectivity index (χ4n) is 3.82. The van der Waals surface area contributed by atoms with Gasteiger partial charge in [0.25, 0.3) is 0 Å². The van der Waals surface area contributed by atoms with Crippen molar-refractivity contribution in [2.75, 3.05) is 13.2 Å². The minimum Gasteiger partial charge on any atom is -0.463 e. The number of hydrogen-bond acceptors (Lipinski definition) is 7. The van der Waals surface area contributed by atoms with Crippen molar-refractivity contribution in [2.45, 2.75) is 76.3 Å². The molecule has 0 N–H and O–H groups in total. The van der Waals surface area contributed by atoms with Crippen LogP contribution in [0.1, 0.15) is 53.4 Å². The zero-order valence-corrected chi connectivity index (χ0v) is 15.8. The second-order valence-electron chi connectivity index (χ2n) is 7.79. The maximum atomic E-state index is 12.6. The summed E-state index contributed by atoms with van der Waals surface area (Å²) < 4.78 is 22.3. The van der Waals surface area contributed by atoms with Gasteiger partial charge in [0.1, 0.15) is 30.0 Å². The molecule has 0 saturated carbocycles. The first-order valence-corrected chi connectivity index (χ1v) is 8.96. The molecular weight excluding hydrogens is 340 g/mol. The number of epoxide rings is 2. The monoisotopic (exact) mass is 366 g/mol. The lowest BCUT2D eigenvalue weighted by atomic mass is 9.81. The van der Waals surface area contributed by atoms with Crippen LogP contribution in [0, 0.1) is 0 Å². The molecule has 0 aromatic carbocycles. The van der Waals surface area contributed by atoms with E-state index in [0.717, 1.165) is 0 Å². The molecule has 0 aromatic rings. The van der Waals surface area contributed by atoms with Crippen LogP contribution < -0.4 is 0 Å². The smallest absolute Gasteiger partial charge is 0.302 e. The molecule has 3 rings (SSSR count). The molecule has 7 nitrogen and oxygen atoms in total. The van der Waals surface area contributed by atoms with Gasteiger partial charge in [-0.3, -0.25) is 14.4 Å². The summed E-state index contributed by atoms with van der Waals surface area (Å²) in [6.45, 7) is 6.67. The van der Waals surface area contributed by atoms with Gasteiger partial charge < -0.3 is 18.9 Å². The van der Waals surface area contributed by atoms with E-state index in [1.54, 1.807) is 6.92 Å². The molecule has 2 fully saturated rings. The highest BCUT2D eigenvalue weighted by molar-refractivity contribution is 5.95. The molecule has 0 amide bonds. The number of Topliss-reactive ketones (excluding diaryl/α,β-unsaturated/α-hetero) is 1. The summed E-state index contributed by atoms with van der Waals surface area (Å²) in [5, 5.41) is 0. The Morgan fingerprint density at radius 2 is 1.88 bits per heavy atom. The molecule has 0 aromatic heterocycles. The number of allylic oxidation sites excluding steroid dienone is 2. The SMILES string of the molecule is CC(=O)OC[C@]12CC/C=C(\C)C(=O)C[C@]3(C[C@H]1O2)O[C@]3(C)COC(C)=O. The first-order valence-electron chi connectivity index (χ1n) is 8.96. The predicted molar refractivity (Wildman–Crippen MR) is 90.3 cm³/mol. The molecular formula is C19H26O7. The van der Waals surface area contributed by atoms with Gasteiger partial charge in [0.05, 0.1) is 6.10 Å². The molecule has 26 heavy (non-hydrogen) atoms.